The fourth-order valence-electron chi connectivity index (χ4n) is 1.91. The summed E-state index contributed by atoms with van der Waals surface area (Å²) in [5.74, 6) is 0.845. The predicted molar refractivity (Wildman–Crippen MR) is 89.4 cm³/mol. The monoisotopic (exact) mass is 336 g/mol. The first kappa shape index (κ1) is 16.4. The zero-order valence-electron chi connectivity index (χ0n) is 12.1. The van der Waals surface area contributed by atoms with Gasteiger partial charge >= 0.3 is 0 Å². The van der Waals surface area contributed by atoms with Crippen molar-refractivity contribution in [3.05, 3.63) is 63.6 Å². The number of hydrogen-bond acceptors (Lipinski definition) is 3. The van der Waals surface area contributed by atoms with Gasteiger partial charge in [0.2, 0.25) is 0 Å². The summed E-state index contributed by atoms with van der Waals surface area (Å²) in [5, 5.41) is 0.848. The lowest BCUT2D eigenvalue weighted by Gasteiger charge is -2.08. The van der Waals surface area contributed by atoms with Crippen molar-refractivity contribution in [3.63, 3.8) is 0 Å². The average Bonchev–Trinajstić information content (AvgIpc) is 2.55. The van der Waals surface area contributed by atoms with Gasteiger partial charge in [-0.2, -0.15) is 0 Å². The zero-order valence-corrected chi connectivity index (χ0v) is 13.6. The lowest BCUT2D eigenvalue weighted by Crippen LogP contribution is -1.99. The molecule has 0 radical (unpaired) electrons. The normalized spacial score (nSPS) is 10.7. The van der Waals surface area contributed by atoms with E-state index < -0.39 is 0 Å². The van der Waals surface area contributed by atoms with E-state index >= 15 is 0 Å². The molecule has 0 saturated heterocycles. The van der Waals surface area contributed by atoms with Crippen LogP contribution in [0.25, 0.3) is 6.08 Å². The van der Waals surface area contributed by atoms with Gasteiger partial charge in [0.05, 0.1) is 29.8 Å². The fourth-order valence-corrected chi connectivity index (χ4v) is 2.28. The van der Waals surface area contributed by atoms with Crippen molar-refractivity contribution in [1.29, 1.82) is 0 Å². The van der Waals surface area contributed by atoms with E-state index in [2.05, 4.69) is 0 Å². The first-order chi connectivity index (χ1) is 10.6. The molecule has 0 spiro atoms. The molecule has 0 saturated carbocycles. The summed E-state index contributed by atoms with van der Waals surface area (Å²) in [4.78, 5) is 12.4. The molecule has 0 aromatic heterocycles. The molecule has 5 heteroatoms. The zero-order chi connectivity index (χ0) is 16.1. The fraction of sp³-hybridized carbons (Fsp3) is 0.118. The summed E-state index contributed by atoms with van der Waals surface area (Å²) >= 11 is 12.0. The number of methoxy groups -OCH3 is 2. The van der Waals surface area contributed by atoms with E-state index in [1.807, 2.05) is 0 Å². The standard InChI is InChI=1S/C17H14Cl2O3/c1-21-12-7-9-16(22-2)13(10-12)15(20)8-6-11-4-3-5-14(18)17(11)19/h3-10H,1-2H3/b8-6+. The van der Waals surface area contributed by atoms with Crippen molar-refractivity contribution in [3.8, 4) is 11.5 Å². The maximum absolute atomic E-state index is 12.4. The Morgan fingerprint density at radius 3 is 2.55 bits per heavy atom. The Morgan fingerprint density at radius 1 is 1.09 bits per heavy atom. The Kier molecular flexibility index (Phi) is 5.47. The van der Waals surface area contributed by atoms with E-state index in [0.717, 1.165) is 0 Å². The number of benzene rings is 2. The summed E-state index contributed by atoms with van der Waals surface area (Å²) < 4.78 is 10.3. The number of allylic oxidation sites excluding steroid dienone is 1. The Hall–Kier alpha value is -1.97. The molecule has 22 heavy (non-hydrogen) atoms. The van der Waals surface area contributed by atoms with Gasteiger partial charge in [0.25, 0.3) is 0 Å². The molecule has 0 aliphatic carbocycles. The quantitative estimate of drug-likeness (QED) is 0.575. The number of carbonyl (C=O) groups excluding carboxylic acids is 1. The maximum atomic E-state index is 12.4. The summed E-state index contributed by atoms with van der Waals surface area (Å²) in [5.41, 5.74) is 1.08. The van der Waals surface area contributed by atoms with Crippen molar-refractivity contribution in [1.82, 2.24) is 0 Å². The lowest BCUT2D eigenvalue weighted by molar-refractivity contribution is 0.104. The number of hydrogen-bond donors (Lipinski definition) is 0. The molecule has 2 aromatic carbocycles. The molecular formula is C17H14Cl2O3. The average molecular weight is 337 g/mol. The summed E-state index contributed by atoms with van der Waals surface area (Å²) in [6, 6.07) is 10.3. The largest absolute Gasteiger partial charge is 0.497 e. The number of halogens is 2. The van der Waals surface area contributed by atoms with Crippen LogP contribution in [0.4, 0.5) is 0 Å². The van der Waals surface area contributed by atoms with Crippen LogP contribution in [0.1, 0.15) is 15.9 Å². The van der Waals surface area contributed by atoms with Crippen LogP contribution in [-0.4, -0.2) is 20.0 Å². The summed E-state index contributed by atoms with van der Waals surface area (Å²) in [7, 11) is 3.05. The molecule has 0 atom stereocenters. The smallest absolute Gasteiger partial charge is 0.189 e. The molecule has 0 N–H and O–H groups in total. The second-order valence-electron chi connectivity index (χ2n) is 4.41. The van der Waals surface area contributed by atoms with Gasteiger partial charge in [-0.15, -0.1) is 0 Å². The van der Waals surface area contributed by atoms with Gasteiger partial charge in [0.15, 0.2) is 5.78 Å². The third kappa shape index (κ3) is 3.62. The van der Waals surface area contributed by atoms with Crippen molar-refractivity contribution >= 4 is 35.1 Å². The van der Waals surface area contributed by atoms with Crippen molar-refractivity contribution in [2.75, 3.05) is 14.2 Å². The topological polar surface area (TPSA) is 35.5 Å². The summed E-state index contributed by atoms with van der Waals surface area (Å²) in [6.45, 7) is 0. The molecule has 0 fully saturated rings. The molecule has 0 aliphatic rings. The van der Waals surface area contributed by atoms with E-state index in [0.29, 0.717) is 32.7 Å². The van der Waals surface area contributed by atoms with Gasteiger partial charge in [0, 0.05) is 0 Å². The van der Waals surface area contributed by atoms with Gasteiger partial charge in [-0.25, -0.2) is 0 Å². The molecular weight excluding hydrogens is 323 g/mol. The first-order valence-electron chi connectivity index (χ1n) is 6.45. The molecule has 2 rings (SSSR count). The van der Waals surface area contributed by atoms with Crippen LogP contribution >= 0.6 is 23.2 Å². The van der Waals surface area contributed by atoms with Crippen molar-refractivity contribution in [2.24, 2.45) is 0 Å². The van der Waals surface area contributed by atoms with E-state index in [1.54, 1.807) is 42.5 Å². The van der Waals surface area contributed by atoms with Gasteiger partial charge in [-0.1, -0.05) is 35.3 Å². The second kappa shape index (κ2) is 7.34. The molecule has 114 valence electrons. The van der Waals surface area contributed by atoms with E-state index in [1.165, 1.54) is 20.3 Å². The minimum atomic E-state index is -0.216. The molecule has 2 aromatic rings. The number of ketones is 1. The van der Waals surface area contributed by atoms with Gasteiger partial charge < -0.3 is 9.47 Å². The SMILES string of the molecule is COc1ccc(OC)c(C(=O)/C=C/c2cccc(Cl)c2Cl)c1. The van der Waals surface area contributed by atoms with Crippen molar-refractivity contribution < 1.29 is 14.3 Å². The molecule has 0 heterocycles. The maximum Gasteiger partial charge on any atom is 0.189 e. The van der Waals surface area contributed by atoms with E-state index in [-0.39, 0.29) is 5.78 Å². The Morgan fingerprint density at radius 2 is 1.86 bits per heavy atom. The van der Waals surface area contributed by atoms with Crippen LogP contribution < -0.4 is 9.47 Å². The Bertz CT molecular complexity index is 724. The molecule has 0 bridgehead atoms. The highest BCUT2D eigenvalue weighted by molar-refractivity contribution is 6.42. The second-order valence-corrected chi connectivity index (χ2v) is 5.19. The Balaban J connectivity index is 2.32. The highest BCUT2D eigenvalue weighted by atomic mass is 35.5. The third-order valence-corrected chi connectivity index (χ3v) is 3.90. The third-order valence-electron chi connectivity index (χ3n) is 3.07. The van der Waals surface area contributed by atoms with Gasteiger partial charge in [-0.3, -0.25) is 4.79 Å². The number of carbonyl (C=O) groups is 1. The Labute approximate surface area is 139 Å². The minimum absolute atomic E-state index is 0.216. The van der Waals surface area contributed by atoms with E-state index in [9.17, 15) is 4.79 Å². The molecule has 0 unspecified atom stereocenters. The first-order valence-corrected chi connectivity index (χ1v) is 7.21. The van der Waals surface area contributed by atoms with Gasteiger partial charge in [0.1, 0.15) is 11.5 Å². The minimum Gasteiger partial charge on any atom is -0.497 e. The highest BCUT2D eigenvalue weighted by Crippen LogP contribution is 2.28. The molecule has 3 nitrogen and oxygen atoms in total. The number of ether oxygens (including phenoxy) is 2. The van der Waals surface area contributed by atoms with Crippen LogP contribution in [-0.2, 0) is 0 Å². The van der Waals surface area contributed by atoms with Crippen LogP contribution in [0.5, 0.6) is 11.5 Å². The van der Waals surface area contributed by atoms with Crippen LogP contribution in [0, 0.1) is 0 Å². The molecule has 0 aliphatic heterocycles. The van der Waals surface area contributed by atoms with Crippen LogP contribution in [0.15, 0.2) is 42.5 Å². The van der Waals surface area contributed by atoms with Crippen molar-refractivity contribution in [2.45, 2.75) is 0 Å². The highest BCUT2D eigenvalue weighted by Gasteiger charge is 2.11. The van der Waals surface area contributed by atoms with E-state index in [4.69, 9.17) is 32.7 Å². The summed E-state index contributed by atoms with van der Waals surface area (Å²) in [6.07, 6.45) is 3.05. The molecule has 0 amide bonds. The lowest BCUT2D eigenvalue weighted by atomic mass is 10.1. The van der Waals surface area contributed by atoms with Gasteiger partial charge in [-0.05, 0) is 42.0 Å². The predicted octanol–water partition coefficient (Wildman–Crippen LogP) is 4.91. The van der Waals surface area contributed by atoms with Crippen LogP contribution in [0.2, 0.25) is 10.0 Å². The van der Waals surface area contributed by atoms with Crippen LogP contribution in [0.3, 0.4) is 0 Å². The number of rotatable bonds is 5.